The van der Waals surface area contributed by atoms with Gasteiger partial charge < -0.3 is 15.1 Å². The smallest absolute Gasteiger partial charge is 0.327 e. The van der Waals surface area contributed by atoms with E-state index in [1.165, 1.54) is 24.1 Å². The molecule has 2 aliphatic heterocycles. The third kappa shape index (κ3) is 4.77. The number of aryl methyl sites for hydroxylation is 1. The van der Waals surface area contributed by atoms with Crippen LogP contribution in [0.2, 0.25) is 0 Å². The fraction of sp³-hybridized carbons (Fsp3) is 0.448. The standard InChI is InChI=1S/C29H35FN4O4/c1-18(2)24(31-25(35)22-17-19(3)11-12-23(22)30)26(36)33-15-13-29(14-16-33)27(37)32(5)28(38)34(29)20(4)21-9-7-6-8-10-21/h6-12,17-18,20,24H,13-16H2,1-5H3,(H,31,35)/t20-,24+/m0/s1. The van der Waals surface area contributed by atoms with Gasteiger partial charge in [0.15, 0.2) is 0 Å². The van der Waals surface area contributed by atoms with Crippen molar-refractivity contribution in [3.63, 3.8) is 0 Å². The molecule has 2 aliphatic rings. The van der Waals surface area contributed by atoms with Gasteiger partial charge in [0.1, 0.15) is 17.4 Å². The Bertz CT molecular complexity index is 1240. The zero-order valence-corrected chi connectivity index (χ0v) is 22.5. The minimum Gasteiger partial charge on any atom is -0.341 e. The van der Waals surface area contributed by atoms with E-state index in [1.807, 2.05) is 51.1 Å². The molecule has 2 aromatic carbocycles. The van der Waals surface area contributed by atoms with Crippen LogP contribution in [-0.2, 0) is 9.59 Å². The Morgan fingerprint density at radius 2 is 1.63 bits per heavy atom. The predicted octanol–water partition coefficient (Wildman–Crippen LogP) is 3.90. The van der Waals surface area contributed by atoms with Crippen LogP contribution in [0.15, 0.2) is 48.5 Å². The van der Waals surface area contributed by atoms with Crippen LogP contribution in [0.4, 0.5) is 9.18 Å². The summed E-state index contributed by atoms with van der Waals surface area (Å²) in [5.74, 6) is -2.09. The first kappa shape index (κ1) is 27.3. The molecule has 0 aliphatic carbocycles. The second kappa shape index (κ2) is 10.6. The van der Waals surface area contributed by atoms with Crippen molar-refractivity contribution in [2.75, 3.05) is 20.1 Å². The van der Waals surface area contributed by atoms with E-state index >= 15 is 0 Å². The quantitative estimate of drug-likeness (QED) is 0.583. The highest BCUT2D eigenvalue weighted by Gasteiger charge is 2.58. The van der Waals surface area contributed by atoms with Crippen molar-refractivity contribution >= 4 is 23.8 Å². The number of imide groups is 1. The Balaban J connectivity index is 1.52. The first-order chi connectivity index (χ1) is 18.0. The third-order valence-corrected chi connectivity index (χ3v) is 7.81. The molecule has 38 heavy (non-hydrogen) atoms. The Kier molecular flexibility index (Phi) is 7.58. The Morgan fingerprint density at radius 3 is 2.24 bits per heavy atom. The van der Waals surface area contributed by atoms with Crippen molar-refractivity contribution < 1.29 is 23.6 Å². The molecule has 2 atom stereocenters. The van der Waals surface area contributed by atoms with Gasteiger partial charge in [-0.3, -0.25) is 19.3 Å². The molecule has 0 unspecified atom stereocenters. The number of benzene rings is 2. The molecule has 0 radical (unpaired) electrons. The van der Waals surface area contributed by atoms with Gasteiger partial charge in [-0.1, -0.05) is 55.8 Å². The van der Waals surface area contributed by atoms with Gasteiger partial charge in [-0.05, 0) is 50.3 Å². The molecule has 1 spiro atoms. The highest BCUT2D eigenvalue weighted by molar-refractivity contribution is 6.07. The number of hydrogen-bond donors (Lipinski definition) is 1. The normalized spacial score (nSPS) is 18.8. The molecule has 2 fully saturated rings. The molecular formula is C29H35FN4O4. The SMILES string of the molecule is Cc1ccc(F)c(C(=O)N[C@@H](C(=O)N2CCC3(CC2)C(=O)N(C)C(=O)N3[C@@H](C)c2ccccc2)C(C)C)c1. The zero-order valence-electron chi connectivity index (χ0n) is 22.5. The highest BCUT2D eigenvalue weighted by Crippen LogP contribution is 2.42. The molecule has 2 heterocycles. The minimum atomic E-state index is -1.04. The summed E-state index contributed by atoms with van der Waals surface area (Å²) in [6.07, 6.45) is 0.576. The summed E-state index contributed by atoms with van der Waals surface area (Å²) in [6.45, 7) is 7.81. The van der Waals surface area contributed by atoms with Crippen LogP contribution < -0.4 is 5.32 Å². The lowest BCUT2D eigenvalue weighted by atomic mass is 9.84. The van der Waals surface area contributed by atoms with Gasteiger partial charge in [0, 0.05) is 20.1 Å². The maximum absolute atomic E-state index is 14.3. The number of nitrogens with one attached hydrogen (secondary N) is 1. The predicted molar refractivity (Wildman–Crippen MR) is 141 cm³/mol. The van der Waals surface area contributed by atoms with E-state index < -0.39 is 23.3 Å². The molecule has 202 valence electrons. The lowest BCUT2D eigenvalue weighted by Gasteiger charge is -2.45. The summed E-state index contributed by atoms with van der Waals surface area (Å²) in [5, 5.41) is 2.72. The number of likely N-dealkylation sites (tertiary alicyclic amines) is 1. The number of carbonyl (C=O) groups excluding carboxylic acids is 4. The van der Waals surface area contributed by atoms with E-state index in [0.29, 0.717) is 0 Å². The molecule has 0 bridgehead atoms. The average Bonchev–Trinajstić information content (AvgIpc) is 3.08. The van der Waals surface area contributed by atoms with Crippen LogP contribution >= 0.6 is 0 Å². The van der Waals surface area contributed by atoms with Crippen molar-refractivity contribution in [3.05, 3.63) is 71.0 Å². The molecule has 0 saturated carbocycles. The molecule has 8 nitrogen and oxygen atoms in total. The van der Waals surface area contributed by atoms with Crippen LogP contribution in [-0.4, -0.2) is 70.2 Å². The molecule has 1 N–H and O–H groups in total. The van der Waals surface area contributed by atoms with E-state index in [0.717, 1.165) is 11.1 Å². The van der Waals surface area contributed by atoms with Gasteiger partial charge in [0.05, 0.1) is 11.6 Å². The van der Waals surface area contributed by atoms with Gasteiger partial charge in [-0.25, -0.2) is 9.18 Å². The van der Waals surface area contributed by atoms with Gasteiger partial charge in [-0.15, -0.1) is 0 Å². The Labute approximate surface area is 222 Å². The Morgan fingerprint density at radius 1 is 1.00 bits per heavy atom. The lowest BCUT2D eigenvalue weighted by molar-refractivity contribution is -0.142. The minimum absolute atomic E-state index is 0.107. The number of piperidine rings is 1. The maximum atomic E-state index is 14.3. The van der Waals surface area contributed by atoms with E-state index in [1.54, 1.807) is 22.8 Å². The average molecular weight is 523 g/mol. The van der Waals surface area contributed by atoms with E-state index in [2.05, 4.69) is 5.32 Å². The first-order valence-electron chi connectivity index (χ1n) is 13.0. The van der Waals surface area contributed by atoms with Gasteiger partial charge in [0.25, 0.3) is 11.8 Å². The van der Waals surface area contributed by atoms with Gasteiger partial charge in [0.2, 0.25) is 5.91 Å². The summed E-state index contributed by atoms with van der Waals surface area (Å²) in [7, 11) is 1.50. The fourth-order valence-corrected chi connectivity index (χ4v) is 5.56. The molecule has 0 aromatic heterocycles. The number of rotatable bonds is 6. The van der Waals surface area contributed by atoms with E-state index in [9.17, 15) is 23.6 Å². The summed E-state index contributed by atoms with van der Waals surface area (Å²) < 4.78 is 14.3. The van der Waals surface area contributed by atoms with Crippen molar-refractivity contribution in [1.29, 1.82) is 0 Å². The number of likely N-dealkylation sites (N-methyl/N-ethyl adjacent to an activating group) is 1. The Hall–Kier alpha value is -3.75. The van der Waals surface area contributed by atoms with Crippen molar-refractivity contribution in [2.24, 2.45) is 5.92 Å². The van der Waals surface area contributed by atoms with Crippen LogP contribution in [0.1, 0.15) is 61.1 Å². The fourth-order valence-electron chi connectivity index (χ4n) is 5.56. The van der Waals surface area contributed by atoms with Crippen LogP contribution in [0, 0.1) is 18.7 Å². The van der Waals surface area contributed by atoms with Crippen LogP contribution in [0.5, 0.6) is 0 Å². The van der Waals surface area contributed by atoms with Crippen LogP contribution in [0.25, 0.3) is 0 Å². The number of halogens is 1. The topological polar surface area (TPSA) is 90.0 Å². The number of nitrogens with zero attached hydrogens (tertiary/aromatic N) is 3. The molecule has 2 saturated heterocycles. The second-order valence-electron chi connectivity index (χ2n) is 10.6. The van der Waals surface area contributed by atoms with E-state index in [4.69, 9.17) is 0 Å². The first-order valence-corrected chi connectivity index (χ1v) is 13.0. The second-order valence-corrected chi connectivity index (χ2v) is 10.6. The number of carbonyl (C=O) groups is 4. The van der Waals surface area contributed by atoms with E-state index in [-0.39, 0.29) is 61.3 Å². The monoisotopic (exact) mass is 522 g/mol. The maximum Gasteiger partial charge on any atom is 0.327 e. The van der Waals surface area contributed by atoms with Crippen molar-refractivity contribution in [1.82, 2.24) is 20.0 Å². The number of urea groups is 1. The summed E-state index contributed by atoms with van der Waals surface area (Å²) in [6, 6.07) is 12.3. The number of hydrogen-bond acceptors (Lipinski definition) is 4. The summed E-state index contributed by atoms with van der Waals surface area (Å²) in [5.41, 5.74) is 0.511. The molecule has 9 heteroatoms. The van der Waals surface area contributed by atoms with Crippen LogP contribution in [0.3, 0.4) is 0 Å². The zero-order chi connectivity index (χ0) is 27.8. The molecular weight excluding hydrogens is 487 g/mol. The largest absolute Gasteiger partial charge is 0.341 e. The van der Waals surface area contributed by atoms with Crippen molar-refractivity contribution in [2.45, 2.75) is 58.2 Å². The number of amides is 5. The summed E-state index contributed by atoms with van der Waals surface area (Å²) in [4.78, 5) is 57.5. The molecule has 2 aromatic rings. The molecule has 5 amide bonds. The summed E-state index contributed by atoms with van der Waals surface area (Å²) >= 11 is 0. The van der Waals surface area contributed by atoms with Gasteiger partial charge in [-0.2, -0.15) is 0 Å². The molecule has 4 rings (SSSR count). The van der Waals surface area contributed by atoms with Crippen molar-refractivity contribution in [3.8, 4) is 0 Å². The lowest BCUT2D eigenvalue weighted by Crippen LogP contribution is -2.60. The third-order valence-electron chi connectivity index (χ3n) is 7.81. The van der Waals surface area contributed by atoms with Gasteiger partial charge >= 0.3 is 6.03 Å². The highest BCUT2D eigenvalue weighted by atomic mass is 19.1.